The second kappa shape index (κ2) is 9.71. The van der Waals surface area contributed by atoms with E-state index in [0.717, 1.165) is 18.8 Å². The molecule has 0 spiro atoms. The molecule has 1 fully saturated rings. The molecule has 0 unspecified atom stereocenters. The lowest BCUT2D eigenvalue weighted by molar-refractivity contribution is 0.0937. The van der Waals surface area contributed by atoms with Crippen molar-refractivity contribution in [3.63, 3.8) is 0 Å². The SMILES string of the molecule is CCc1nc(C(=O)NCC2CCC(C)CC2)cn1-c1c(F)cc(CC(C)C)cc1F. The van der Waals surface area contributed by atoms with Crippen LogP contribution in [0.4, 0.5) is 8.78 Å². The molecule has 6 heteroatoms. The number of carbonyl (C=O) groups excluding carboxylic acids is 1. The Bertz CT molecular complexity index is 860. The molecule has 1 aliphatic rings. The lowest BCUT2D eigenvalue weighted by atomic mass is 9.83. The number of nitrogens with one attached hydrogen (secondary N) is 1. The summed E-state index contributed by atoms with van der Waals surface area (Å²) in [6.45, 7) is 8.75. The van der Waals surface area contributed by atoms with E-state index in [9.17, 15) is 13.6 Å². The van der Waals surface area contributed by atoms with Crippen LogP contribution in [0.25, 0.3) is 5.69 Å². The summed E-state index contributed by atoms with van der Waals surface area (Å²) in [5.41, 5.74) is 0.648. The van der Waals surface area contributed by atoms with Crippen molar-refractivity contribution in [2.24, 2.45) is 17.8 Å². The maximum atomic E-state index is 14.8. The lowest BCUT2D eigenvalue weighted by Crippen LogP contribution is -2.31. The van der Waals surface area contributed by atoms with Gasteiger partial charge in [0.25, 0.3) is 5.91 Å². The molecule has 1 saturated carbocycles. The van der Waals surface area contributed by atoms with E-state index in [2.05, 4.69) is 17.2 Å². The van der Waals surface area contributed by atoms with Crippen LogP contribution in [0.1, 0.15) is 75.3 Å². The number of nitrogens with zero attached hydrogens (tertiary/aromatic N) is 2. The first kappa shape index (κ1) is 22.4. The summed E-state index contributed by atoms with van der Waals surface area (Å²) in [5.74, 6) is 0.442. The number of rotatable bonds is 7. The standard InChI is InChI=1S/C24H33F2N3O/c1-5-22-28-21(24(30)27-13-17-8-6-16(4)7-9-17)14-29(22)23-19(25)11-18(10-15(2)3)12-20(23)26/h11-12,14-17H,5-10,13H2,1-4H3,(H,27,30). The molecule has 1 heterocycles. The first-order chi connectivity index (χ1) is 14.3. The summed E-state index contributed by atoms with van der Waals surface area (Å²) >= 11 is 0. The average molecular weight is 418 g/mol. The van der Waals surface area contributed by atoms with Gasteiger partial charge in [0, 0.05) is 19.2 Å². The van der Waals surface area contributed by atoms with E-state index in [-0.39, 0.29) is 17.3 Å². The number of aryl methyl sites for hydroxylation is 1. The van der Waals surface area contributed by atoms with Gasteiger partial charge in [-0.05, 0) is 54.7 Å². The zero-order chi connectivity index (χ0) is 21.8. The third kappa shape index (κ3) is 5.27. The van der Waals surface area contributed by atoms with Gasteiger partial charge in [-0.2, -0.15) is 0 Å². The molecule has 0 radical (unpaired) electrons. The van der Waals surface area contributed by atoms with Crippen molar-refractivity contribution in [2.45, 2.75) is 66.2 Å². The second-order valence-electron chi connectivity index (χ2n) is 9.11. The Kier molecular flexibility index (Phi) is 7.27. The highest BCUT2D eigenvalue weighted by molar-refractivity contribution is 5.92. The van der Waals surface area contributed by atoms with Crippen molar-refractivity contribution in [1.82, 2.24) is 14.9 Å². The van der Waals surface area contributed by atoms with Crippen molar-refractivity contribution < 1.29 is 13.6 Å². The Hall–Kier alpha value is -2.24. The van der Waals surface area contributed by atoms with Crippen molar-refractivity contribution in [1.29, 1.82) is 0 Å². The molecule has 1 N–H and O–H groups in total. The van der Waals surface area contributed by atoms with Crippen molar-refractivity contribution in [2.75, 3.05) is 6.54 Å². The van der Waals surface area contributed by atoms with Crippen LogP contribution in [0, 0.1) is 29.4 Å². The molecule has 0 bridgehead atoms. The quantitative estimate of drug-likeness (QED) is 0.650. The first-order valence-corrected chi connectivity index (χ1v) is 11.1. The van der Waals surface area contributed by atoms with E-state index in [1.807, 2.05) is 20.8 Å². The molecule has 1 amide bonds. The van der Waals surface area contributed by atoms with E-state index in [1.54, 1.807) is 0 Å². The van der Waals surface area contributed by atoms with E-state index in [0.29, 0.717) is 42.6 Å². The van der Waals surface area contributed by atoms with Gasteiger partial charge >= 0.3 is 0 Å². The monoisotopic (exact) mass is 417 g/mol. The second-order valence-corrected chi connectivity index (χ2v) is 9.11. The topological polar surface area (TPSA) is 46.9 Å². The molecular weight excluding hydrogens is 384 g/mol. The molecule has 3 rings (SSSR count). The number of halogens is 2. The van der Waals surface area contributed by atoms with Crippen molar-refractivity contribution in [3.05, 3.63) is 47.0 Å². The molecule has 1 aromatic heterocycles. The van der Waals surface area contributed by atoms with Gasteiger partial charge < -0.3 is 5.32 Å². The van der Waals surface area contributed by atoms with Crippen LogP contribution < -0.4 is 5.32 Å². The van der Waals surface area contributed by atoms with E-state index in [1.165, 1.54) is 35.7 Å². The zero-order valence-corrected chi connectivity index (χ0v) is 18.5. The molecule has 1 aromatic carbocycles. The summed E-state index contributed by atoms with van der Waals surface area (Å²) < 4.78 is 31.0. The van der Waals surface area contributed by atoms with Crippen LogP contribution in [0.15, 0.2) is 18.3 Å². The number of hydrogen-bond donors (Lipinski definition) is 1. The Labute approximate surface area is 178 Å². The smallest absolute Gasteiger partial charge is 0.271 e. The van der Waals surface area contributed by atoms with Crippen LogP contribution in [0.2, 0.25) is 0 Å². The van der Waals surface area contributed by atoms with Gasteiger partial charge in [-0.15, -0.1) is 0 Å². The van der Waals surface area contributed by atoms with Crippen LogP contribution in [0.5, 0.6) is 0 Å². The summed E-state index contributed by atoms with van der Waals surface area (Å²) in [4.78, 5) is 17.0. The fourth-order valence-electron chi connectivity index (χ4n) is 4.27. The molecule has 2 aromatic rings. The number of imidazole rings is 1. The molecule has 30 heavy (non-hydrogen) atoms. The van der Waals surface area contributed by atoms with Crippen molar-refractivity contribution in [3.8, 4) is 5.69 Å². The van der Waals surface area contributed by atoms with Gasteiger partial charge in [0.1, 0.15) is 17.2 Å². The van der Waals surface area contributed by atoms with Crippen LogP contribution >= 0.6 is 0 Å². The van der Waals surface area contributed by atoms with Crippen LogP contribution in [-0.4, -0.2) is 22.0 Å². The highest BCUT2D eigenvalue weighted by atomic mass is 19.1. The van der Waals surface area contributed by atoms with Gasteiger partial charge in [0.05, 0.1) is 0 Å². The summed E-state index contributed by atoms with van der Waals surface area (Å²) in [5, 5.41) is 2.96. The summed E-state index contributed by atoms with van der Waals surface area (Å²) in [7, 11) is 0. The minimum Gasteiger partial charge on any atom is -0.350 e. The highest BCUT2D eigenvalue weighted by Crippen LogP contribution is 2.28. The maximum Gasteiger partial charge on any atom is 0.271 e. The van der Waals surface area contributed by atoms with Gasteiger partial charge in [-0.25, -0.2) is 13.8 Å². The molecular formula is C24H33F2N3O. The summed E-state index contributed by atoms with van der Waals surface area (Å²) in [6, 6.07) is 2.75. The minimum absolute atomic E-state index is 0.174. The minimum atomic E-state index is -0.638. The van der Waals surface area contributed by atoms with E-state index < -0.39 is 11.6 Å². The number of amides is 1. The Morgan fingerprint density at radius 1 is 1.20 bits per heavy atom. The molecule has 0 aliphatic heterocycles. The number of hydrogen-bond acceptors (Lipinski definition) is 2. The normalized spacial score (nSPS) is 19.3. The lowest BCUT2D eigenvalue weighted by Gasteiger charge is -2.26. The van der Waals surface area contributed by atoms with Gasteiger partial charge in [-0.1, -0.05) is 40.5 Å². The molecule has 0 saturated heterocycles. The van der Waals surface area contributed by atoms with Gasteiger partial charge in [-0.3, -0.25) is 9.36 Å². The maximum absolute atomic E-state index is 14.8. The molecule has 164 valence electrons. The van der Waals surface area contributed by atoms with Gasteiger partial charge in [0.2, 0.25) is 0 Å². The average Bonchev–Trinajstić information content (AvgIpc) is 3.10. The third-order valence-corrected chi connectivity index (χ3v) is 5.98. The first-order valence-electron chi connectivity index (χ1n) is 11.1. The number of benzene rings is 1. The Morgan fingerprint density at radius 3 is 2.40 bits per heavy atom. The highest BCUT2D eigenvalue weighted by Gasteiger charge is 2.22. The predicted octanol–water partition coefficient (Wildman–Crippen LogP) is 5.47. The number of aromatic nitrogens is 2. The van der Waals surface area contributed by atoms with Crippen LogP contribution in [0.3, 0.4) is 0 Å². The largest absolute Gasteiger partial charge is 0.350 e. The predicted molar refractivity (Wildman–Crippen MR) is 115 cm³/mol. The molecule has 4 nitrogen and oxygen atoms in total. The third-order valence-electron chi connectivity index (χ3n) is 5.98. The van der Waals surface area contributed by atoms with E-state index >= 15 is 0 Å². The van der Waals surface area contributed by atoms with E-state index in [4.69, 9.17) is 0 Å². The fourth-order valence-corrected chi connectivity index (χ4v) is 4.27. The van der Waals surface area contributed by atoms with Crippen LogP contribution in [-0.2, 0) is 12.8 Å². The zero-order valence-electron chi connectivity index (χ0n) is 18.5. The fraction of sp³-hybridized carbons (Fsp3) is 0.583. The Balaban J connectivity index is 1.78. The molecule has 1 aliphatic carbocycles. The van der Waals surface area contributed by atoms with Gasteiger partial charge in [0.15, 0.2) is 11.6 Å². The number of carbonyl (C=O) groups is 1. The Morgan fingerprint density at radius 2 is 1.83 bits per heavy atom. The van der Waals surface area contributed by atoms with Crippen molar-refractivity contribution >= 4 is 5.91 Å². The molecule has 0 atom stereocenters. The summed E-state index contributed by atoms with van der Waals surface area (Å²) in [6.07, 6.45) is 7.14.